The van der Waals surface area contributed by atoms with Crippen LogP contribution in [0, 0.1) is 0 Å². The summed E-state index contributed by atoms with van der Waals surface area (Å²) in [6.45, 7) is 1.57. The SMILES string of the molecule is CCOCCN(C)C(=O)NCC(F)(F)F. The molecule has 0 heterocycles. The number of halogens is 3. The number of amides is 2. The van der Waals surface area contributed by atoms with E-state index in [1.807, 2.05) is 0 Å². The number of rotatable bonds is 5. The van der Waals surface area contributed by atoms with E-state index in [1.165, 1.54) is 7.05 Å². The Bertz CT molecular complexity index is 197. The first-order valence-electron chi connectivity index (χ1n) is 4.50. The summed E-state index contributed by atoms with van der Waals surface area (Å²) in [7, 11) is 1.41. The second kappa shape index (κ2) is 6.49. The molecule has 90 valence electrons. The first-order valence-corrected chi connectivity index (χ1v) is 4.50. The molecule has 4 nitrogen and oxygen atoms in total. The van der Waals surface area contributed by atoms with Crippen LogP contribution >= 0.6 is 0 Å². The number of urea groups is 1. The Morgan fingerprint density at radius 2 is 2.07 bits per heavy atom. The third-order valence-corrected chi connectivity index (χ3v) is 1.56. The first-order chi connectivity index (χ1) is 6.87. The molecule has 0 aromatic carbocycles. The van der Waals surface area contributed by atoms with Crippen LogP contribution in [0.1, 0.15) is 6.92 Å². The van der Waals surface area contributed by atoms with E-state index in [0.717, 1.165) is 4.90 Å². The highest BCUT2D eigenvalue weighted by molar-refractivity contribution is 5.73. The molecule has 0 saturated heterocycles. The molecule has 0 radical (unpaired) electrons. The fourth-order valence-electron chi connectivity index (χ4n) is 0.758. The summed E-state index contributed by atoms with van der Waals surface area (Å²) in [5.74, 6) is 0. The van der Waals surface area contributed by atoms with Crippen LogP contribution in [0.3, 0.4) is 0 Å². The van der Waals surface area contributed by atoms with Crippen LogP contribution in [0.15, 0.2) is 0 Å². The molecule has 0 aliphatic heterocycles. The second-order valence-electron chi connectivity index (χ2n) is 2.89. The molecule has 0 aliphatic carbocycles. The van der Waals surface area contributed by atoms with Crippen LogP contribution in [-0.2, 0) is 4.74 Å². The van der Waals surface area contributed by atoms with Crippen molar-refractivity contribution < 1.29 is 22.7 Å². The second-order valence-corrected chi connectivity index (χ2v) is 2.89. The Hall–Kier alpha value is -0.980. The maximum atomic E-state index is 11.7. The third-order valence-electron chi connectivity index (χ3n) is 1.56. The third kappa shape index (κ3) is 8.04. The molecule has 15 heavy (non-hydrogen) atoms. The van der Waals surface area contributed by atoms with Gasteiger partial charge in [-0.1, -0.05) is 0 Å². The van der Waals surface area contributed by atoms with Gasteiger partial charge in [-0.15, -0.1) is 0 Å². The van der Waals surface area contributed by atoms with Crippen molar-refractivity contribution in [2.45, 2.75) is 13.1 Å². The highest BCUT2D eigenvalue weighted by Gasteiger charge is 2.28. The van der Waals surface area contributed by atoms with Crippen molar-refractivity contribution in [1.29, 1.82) is 0 Å². The Morgan fingerprint density at radius 1 is 1.47 bits per heavy atom. The number of carbonyl (C=O) groups excluding carboxylic acids is 1. The van der Waals surface area contributed by atoms with Gasteiger partial charge in [-0.2, -0.15) is 13.2 Å². The van der Waals surface area contributed by atoms with Gasteiger partial charge < -0.3 is 15.0 Å². The first kappa shape index (κ1) is 14.0. The van der Waals surface area contributed by atoms with Crippen LogP contribution in [0.2, 0.25) is 0 Å². The summed E-state index contributed by atoms with van der Waals surface area (Å²) in [6.07, 6.45) is -4.38. The van der Waals surface area contributed by atoms with Crippen LogP contribution in [0.5, 0.6) is 0 Å². The molecule has 0 aromatic heterocycles. The zero-order valence-corrected chi connectivity index (χ0v) is 8.73. The van der Waals surface area contributed by atoms with Gasteiger partial charge in [0.25, 0.3) is 0 Å². The summed E-state index contributed by atoms with van der Waals surface area (Å²) >= 11 is 0. The van der Waals surface area contributed by atoms with Crippen LogP contribution in [0.25, 0.3) is 0 Å². The summed E-state index contributed by atoms with van der Waals surface area (Å²) in [6, 6.07) is -0.757. The summed E-state index contributed by atoms with van der Waals surface area (Å²) in [5.41, 5.74) is 0. The average molecular weight is 228 g/mol. The van der Waals surface area contributed by atoms with Crippen molar-refractivity contribution in [3.05, 3.63) is 0 Å². The van der Waals surface area contributed by atoms with E-state index < -0.39 is 18.8 Å². The lowest BCUT2D eigenvalue weighted by atomic mass is 10.5. The Kier molecular flexibility index (Phi) is 6.07. The van der Waals surface area contributed by atoms with Gasteiger partial charge in [-0.25, -0.2) is 4.79 Å². The van der Waals surface area contributed by atoms with Gasteiger partial charge in [-0.3, -0.25) is 0 Å². The van der Waals surface area contributed by atoms with Gasteiger partial charge >= 0.3 is 12.2 Å². The van der Waals surface area contributed by atoms with Gasteiger partial charge in [0.1, 0.15) is 6.54 Å². The van der Waals surface area contributed by atoms with Crippen molar-refractivity contribution in [2.75, 3.05) is 33.4 Å². The molecule has 0 bridgehead atoms. The Labute approximate surface area is 86.4 Å². The molecular weight excluding hydrogens is 213 g/mol. The number of hydrogen-bond acceptors (Lipinski definition) is 2. The molecule has 0 aliphatic rings. The van der Waals surface area contributed by atoms with E-state index in [0.29, 0.717) is 13.2 Å². The zero-order valence-electron chi connectivity index (χ0n) is 8.73. The van der Waals surface area contributed by atoms with Crippen LogP contribution in [0.4, 0.5) is 18.0 Å². The predicted octanol–water partition coefficient (Wildman–Crippen LogP) is 1.23. The van der Waals surface area contributed by atoms with Crippen molar-refractivity contribution in [3.63, 3.8) is 0 Å². The molecular formula is C8H15F3N2O2. The lowest BCUT2D eigenvalue weighted by Gasteiger charge is -2.18. The molecule has 2 amide bonds. The number of hydrogen-bond donors (Lipinski definition) is 1. The summed E-state index contributed by atoms with van der Waals surface area (Å²) in [4.78, 5) is 12.2. The monoisotopic (exact) mass is 228 g/mol. The number of likely N-dealkylation sites (N-methyl/N-ethyl adjacent to an activating group) is 1. The average Bonchev–Trinajstić information content (AvgIpc) is 2.13. The normalized spacial score (nSPS) is 11.3. The molecule has 0 spiro atoms. The molecule has 0 saturated carbocycles. The fraction of sp³-hybridized carbons (Fsp3) is 0.875. The smallest absolute Gasteiger partial charge is 0.380 e. The van der Waals surface area contributed by atoms with E-state index in [2.05, 4.69) is 0 Å². The van der Waals surface area contributed by atoms with E-state index >= 15 is 0 Å². The molecule has 0 rings (SSSR count). The minimum absolute atomic E-state index is 0.261. The quantitative estimate of drug-likeness (QED) is 0.719. The zero-order chi connectivity index (χ0) is 11.9. The molecule has 0 unspecified atom stereocenters. The molecule has 0 fully saturated rings. The Balaban J connectivity index is 3.70. The molecule has 0 atom stereocenters. The van der Waals surface area contributed by atoms with Crippen molar-refractivity contribution in [2.24, 2.45) is 0 Å². The number of alkyl halides is 3. The topological polar surface area (TPSA) is 41.6 Å². The maximum absolute atomic E-state index is 11.7. The summed E-state index contributed by atoms with van der Waals surface area (Å²) < 4.78 is 40.1. The number of ether oxygens (including phenoxy) is 1. The number of carbonyl (C=O) groups is 1. The van der Waals surface area contributed by atoms with E-state index in [1.54, 1.807) is 12.2 Å². The fourth-order valence-corrected chi connectivity index (χ4v) is 0.758. The van der Waals surface area contributed by atoms with Gasteiger partial charge in [0.15, 0.2) is 0 Å². The lowest BCUT2D eigenvalue weighted by Crippen LogP contribution is -2.42. The van der Waals surface area contributed by atoms with Crippen molar-refractivity contribution in [3.8, 4) is 0 Å². The largest absolute Gasteiger partial charge is 0.405 e. The lowest BCUT2D eigenvalue weighted by molar-refractivity contribution is -0.123. The highest BCUT2D eigenvalue weighted by atomic mass is 19.4. The van der Waals surface area contributed by atoms with Gasteiger partial charge in [0.2, 0.25) is 0 Å². The maximum Gasteiger partial charge on any atom is 0.405 e. The summed E-state index contributed by atoms with van der Waals surface area (Å²) in [5, 5.41) is 1.76. The van der Waals surface area contributed by atoms with Gasteiger partial charge in [0.05, 0.1) is 6.61 Å². The van der Waals surface area contributed by atoms with Crippen LogP contribution < -0.4 is 5.32 Å². The molecule has 0 aromatic rings. The Morgan fingerprint density at radius 3 is 2.53 bits per heavy atom. The highest BCUT2D eigenvalue weighted by Crippen LogP contribution is 2.12. The van der Waals surface area contributed by atoms with Crippen molar-refractivity contribution >= 4 is 6.03 Å². The van der Waals surface area contributed by atoms with Crippen LogP contribution in [-0.4, -0.2) is 50.5 Å². The van der Waals surface area contributed by atoms with E-state index in [9.17, 15) is 18.0 Å². The van der Waals surface area contributed by atoms with Gasteiger partial charge in [0, 0.05) is 20.2 Å². The minimum atomic E-state index is -4.38. The number of nitrogens with one attached hydrogen (secondary N) is 1. The van der Waals surface area contributed by atoms with Gasteiger partial charge in [-0.05, 0) is 6.92 Å². The molecule has 7 heteroatoms. The standard InChI is InChI=1S/C8H15F3N2O2/c1-3-15-5-4-13(2)7(14)12-6-8(9,10)11/h3-6H2,1-2H3,(H,12,14). The van der Waals surface area contributed by atoms with E-state index in [4.69, 9.17) is 4.74 Å². The van der Waals surface area contributed by atoms with Crippen molar-refractivity contribution in [1.82, 2.24) is 10.2 Å². The molecule has 1 N–H and O–H groups in total. The van der Waals surface area contributed by atoms with E-state index in [-0.39, 0.29) is 6.54 Å². The minimum Gasteiger partial charge on any atom is -0.380 e. The number of nitrogens with zero attached hydrogens (tertiary/aromatic N) is 1. The predicted molar refractivity (Wildman–Crippen MR) is 48.6 cm³/mol.